The Morgan fingerprint density at radius 1 is 1.11 bits per heavy atom. The van der Waals surface area contributed by atoms with Crippen molar-refractivity contribution in [3.63, 3.8) is 0 Å². The fourth-order valence-corrected chi connectivity index (χ4v) is 1.91. The molecular weight excluding hydrogens is 226 g/mol. The molecule has 0 atom stereocenters. The smallest absolute Gasteiger partial charge is 0.133 e. The first-order valence-corrected chi connectivity index (χ1v) is 5.85. The van der Waals surface area contributed by atoms with Gasteiger partial charge < -0.3 is 10.2 Å². The number of nitrogens with zero attached hydrogens (tertiary/aromatic N) is 2. The molecule has 0 saturated carbocycles. The number of benzene rings is 1. The molecule has 0 radical (unpaired) electrons. The molecule has 0 aliphatic rings. The van der Waals surface area contributed by atoms with Gasteiger partial charge in [-0.2, -0.15) is 0 Å². The van der Waals surface area contributed by atoms with Crippen molar-refractivity contribution < 1.29 is 4.42 Å². The topological polar surface area (TPSA) is 64.9 Å². The first-order chi connectivity index (χ1) is 8.86. The Kier molecular flexibility index (Phi) is 2.78. The van der Waals surface area contributed by atoms with Crippen molar-refractivity contribution in [3.8, 4) is 11.3 Å². The molecule has 0 amide bonds. The molecule has 4 heteroatoms. The van der Waals surface area contributed by atoms with Gasteiger partial charge in [-0.05, 0) is 30.8 Å². The Morgan fingerprint density at radius 3 is 2.83 bits per heavy atom. The Labute approximate surface area is 104 Å². The number of rotatable bonds is 3. The van der Waals surface area contributed by atoms with E-state index in [9.17, 15) is 0 Å². The van der Waals surface area contributed by atoms with Gasteiger partial charge in [0.2, 0.25) is 0 Å². The average Bonchev–Trinajstić information content (AvgIpc) is 2.87. The van der Waals surface area contributed by atoms with Crippen molar-refractivity contribution in [1.29, 1.82) is 0 Å². The third-order valence-corrected chi connectivity index (χ3v) is 2.85. The number of aromatic nitrogens is 2. The molecule has 4 nitrogen and oxygen atoms in total. The van der Waals surface area contributed by atoms with Crippen LogP contribution >= 0.6 is 0 Å². The summed E-state index contributed by atoms with van der Waals surface area (Å²) in [5, 5.41) is 1.07. The van der Waals surface area contributed by atoms with Crippen molar-refractivity contribution >= 4 is 11.0 Å². The summed E-state index contributed by atoms with van der Waals surface area (Å²) < 4.78 is 5.31. The van der Waals surface area contributed by atoms with Crippen molar-refractivity contribution in [1.82, 2.24) is 9.97 Å². The molecule has 0 spiro atoms. The molecule has 0 saturated heterocycles. The summed E-state index contributed by atoms with van der Waals surface area (Å²) in [5.41, 5.74) is 9.18. The van der Waals surface area contributed by atoms with Crippen molar-refractivity contribution in [3.05, 3.63) is 48.6 Å². The average molecular weight is 239 g/mol. The Hall–Kier alpha value is -2.20. The second kappa shape index (κ2) is 4.58. The lowest BCUT2D eigenvalue weighted by Gasteiger charge is -2.02. The Morgan fingerprint density at radius 2 is 2.06 bits per heavy atom. The standard InChI is InChI=1S/C14H13N3O/c15-5-3-12-8-17-13(9-16-12)10-1-2-14-11(7-10)4-6-18-14/h1-2,4,6-9H,3,5,15H2. The molecule has 2 N–H and O–H groups in total. The Balaban J connectivity index is 1.97. The molecule has 3 aromatic rings. The number of hydrogen-bond donors (Lipinski definition) is 1. The number of hydrogen-bond acceptors (Lipinski definition) is 4. The minimum absolute atomic E-state index is 0.592. The zero-order chi connectivity index (χ0) is 12.4. The van der Waals surface area contributed by atoms with E-state index in [2.05, 4.69) is 9.97 Å². The summed E-state index contributed by atoms with van der Waals surface area (Å²) in [6, 6.07) is 7.92. The first kappa shape index (κ1) is 10.9. The van der Waals surface area contributed by atoms with Gasteiger partial charge in [0.05, 0.1) is 23.8 Å². The van der Waals surface area contributed by atoms with E-state index in [1.54, 1.807) is 18.7 Å². The van der Waals surface area contributed by atoms with E-state index in [1.807, 2.05) is 24.3 Å². The third-order valence-electron chi connectivity index (χ3n) is 2.85. The lowest BCUT2D eigenvalue weighted by atomic mass is 10.1. The fraction of sp³-hybridized carbons (Fsp3) is 0.143. The van der Waals surface area contributed by atoms with E-state index < -0.39 is 0 Å². The van der Waals surface area contributed by atoms with Crippen LogP contribution in [0.4, 0.5) is 0 Å². The molecular formula is C14H13N3O. The van der Waals surface area contributed by atoms with Crippen LogP contribution in [-0.4, -0.2) is 16.5 Å². The molecule has 90 valence electrons. The van der Waals surface area contributed by atoms with Crippen LogP contribution in [0.1, 0.15) is 5.69 Å². The molecule has 1 aromatic carbocycles. The summed E-state index contributed by atoms with van der Waals surface area (Å²) in [4.78, 5) is 8.76. The first-order valence-electron chi connectivity index (χ1n) is 5.85. The largest absolute Gasteiger partial charge is 0.464 e. The summed E-state index contributed by atoms with van der Waals surface area (Å²) in [6.07, 6.45) is 6.01. The quantitative estimate of drug-likeness (QED) is 0.762. The monoisotopic (exact) mass is 239 g/mol. The van der Waals surface area contributed by atoms with E-state index in [0.29, 0.717) is 6.54 Å². The van der Waals surface area contributed by atoms with Gasteiger partial charge in [-0.15, -0.1) is 0 Å². The predicted octanol–water partition coefficient (Wildman–Crippen LogP) is 2.39. The van der Waals surface area contributed by atoms with Gasteiger partial charge in [0.1, 0.15) is 5.58 Å². The van der Waals surface area contributed by atoms with Crippen LogP contribution in [0.2, 0.25) is 0 Å². The van der Waals surface area contributed by atoms with Crippen LogP contribution in [0.5, 0.6) is 0 Å². The summed E-state index contributed by atoms with van der Waals surface area (Å²) >= 11 is 0. The fourth-order valence-electron chi connectivity index (χ4n) is 1.91. The van der Waals surface area contributed by atoms with Gasteiger partial charge in [0.15, 0.2) is 0 Å². The number of nitrogens with two attached hydrogens (primary N) is 1. The van der Waals surface area contributed by atoms with E-state index in [0.717, 1.165) is 34.3 Å². The van der Waals surface area contributed by atoms with Crippen LogP contribution in [0, 0.1) is 0 Å². The van der Waals surface area contributed by atoms with Gasteiger partial charge >= 0.3 is 0 Å². The van der Waals surface area contributed by atoms with Crippen LogP contribution in [0.15, 0.2) is 47.3 Å². The van der Waals surface area contributed by atoms with E-state index in [1.165, 1.54) is 0 Å². The molecule has 3 rings (SSSR count). The summed E-state index contributed by atoms with van der Waals surface area (Å²) in [6.45, 7) is 0.592. The van der Waals surface area contributed by atoms with Crippen molar-refractivity contribution in [2.45, 2.75) is 6.42 Å². The molecule has 18 heavy (non-hydrogen) atoms. The maximum absolute atomic E-state index is 5.48. The second-order valence-electron chi connectivity index (χ2n) is 4.10. The molecule has 2 aromatic heterocycles. The molecule has 0 fully saturated rings. The predicted molar refractivity (Wildman–Crippen MR) is 70.0 cm³/mol. The SMILES string of the molecule is NCCc1cnc(-c2ccc3occc3c2)cn1. The number of furan rings is 1. The van der Waals surface area contributed by atoms with E-state index in [4.69, 9.17) is 10.2 Å². The van der Waals surface area contributed by atoms with Crippen molar-refractivity contribution in [2.75, 3.05) is 6.54 Å². The zero-order valence-corrected chi connectivity index (χ0v) is 9.84. The number of fused-ring (bicyclic) bond motifs is 1. The highest BCUT2D eigenvalue weighted by atomic mass is 16.3. The maximum atomic E-state index is 5.48. The van der Waals surface area contributed by atoms with Gasteiger partial charge in [0.25, 0.3) is 0 Å². The minimum atomic E-state index is 0.592. The zero-order valence-electron chi connectivity index (χ0n) is 9.84. The van der Waals surface area contributed by atoms with Crippen LogP contribution < -0.4 is 5.73 Å². The highest BCUT2D eigenvalue weighted by molar-refractivity contribution is 5.82. The molecule has 0 aliphatic carbocycles. The third kappa shape index (κ3) is 1.98. The van der Waals surface area contributed by atoms with Crippen molar-refractivity contribution in [2.24, 2.45) is 5.73 Å². The van der Waals surface area contributed by atoms with E-state index in [-0.39, 0.29) is 0 Å². The van der Waals surface area contributed by atoms with Gasteiger partial charge in [-0.25, -0.2) is 0 Å². The summed E-state index contributed by atoms with van der Waals surface area (Å²) in [7, 11) is 0. The lowest BCUT2D eigenvalue weighted by molar-refractivity contribution is 0.616. The van der Waals surface area contributed by atoms with Gasteiger partial charge in [0, 0.05) is 23.6 Å². The normalized spacial score (nSPS) is 10.9. The van der Waals surface area contributed by atoms with E-state index >= 15 is 0 Å². The van der Waals surface area contributed by atoms with Gasteiger partial charge in [-0.1, -0.05) is 0 Å². The highest BCUT2D eigenvalue weighted by Gasteiger charge is 2.03. The lowest BCUT2D eigenvalue weighted by Crippen LogP contribution is -2.04. The molecule has 0 unspecified atom stereocenters. The molecule has 0 bridgehead atoms. The second-order valence-corrected chi connectivity index (χ2v) is 4.10. The highest BCUT2D eigenvalue weighted by Crippen LogP contribution is 2.23. The summed E-state index contributed by atoms with van der Waals surface area (Å²) in [5.74, 6) is 0. The van der Waals surface area contributed by atoms with Crippen LogP contribution in [0.3, 0.4) is 0 Å². The molecule has 2 heterocycles. The Bertz CT molecular complexity index is 658. The van der Waals surface area contributed by atoms with Gasteiger partial charge in [-0.3, -0.25) is 9.97 Å². The van der Waals surface area contributed by atoms with Crippen LogP contribution in [0.25, 0.3) is 22.2 Å². The molecule has 0 aliphatic heterocycles. The minimum Gasteiger partial charge on any atom is -0.464 e. The van der Waals surface area contributed by atoms with Crippen LogP contribution in [-0.2, 0) is 6.42 Å². The maximum Gasteiger partial charge on any atom is 0.133 e.